The number of fused-ring (bicyclic) bond motifs is 1. The van der Waals surface area contributed by atoms with Crippen molar-refractivity contribution in [2.45, 2.75) is 19.8 Å². The van der Waals surface area contributed by atoms with E-state index in [0.29, 0.717) is 5.69 Å². The summed E-state index contributed by atoms with van der Waals surface area (Å²) in [5, 5.41) is 0. The van der Waals surface area contributed by atoms with Crippen molar-refractivity contribution in [3.8, 4) is 0 Å². The molecule has 1 saturated heterocycles. The van der Waals surface area contributed by atoms with Gasteiger partial charge in [0.15, 0.2) is 0 Å². The van der Waals surface area contributed by atoms with Gasteiger partial charge in [0, 0.05) is 25.5 Å². The molecule has 0 N–H and O–H groups in total. The number of amides is 1. The van der Waals surface area contributed by atoms with Crippen LogP contribution in [-0.4, -0.2) is 33.3 Å². The molecule has 17 heavy (non-hydrogen) atoms. The van der Waals surface area contributed by atoms with Gasteiger partial charge in [-0.1, -0.05) is 0 Å². The zero-order valence-corrected chi connectivity index (χ0v) is 9.89. The van der Waals surface area contributed by atoms with E-state index in [1.165, 1.54) is 0 Å². The number of imidazole rings is 1. The van der Waals surface area contributed by atoms with Crippen molar-refractivity contribution in [3.63, 3.8) is 0 Å². The maximum absolute atomic E-state index is 12.2. The van der Waals surface area contributed by atoms with Crippen molar-refractivity contribution in [2.24, 2.45) is 0 Å². The van der Waals surface area contributed by atoms with E-state index in [-0.39, 0.29) is 5.91 Å². The van der Waals surface area contributed by atoms with Crippen molar-refractivity contribution < 1.29 is 4.79 Å². The topological polar surface area (TPSA) is 37.6 Å². The first-order valence-corrected chi connectivity index (χ1v) is 5.99. The van der Waals surface area contributed by atoms with Gasteiger partial charge >= 0.3 is 0 Å². The van der Waals surface area contributed by atoms with Crippen LogP contribution in [0.1, 0.15) is 28.9 Å². The Labute approximate surface area is 99.9 Å². The molecule has 1 amide bonds. The SMILES string of the molecule is Cc1ccn2cc(C(=O)N3CCCC3)nc2c1. The van der Waals surface area contributed by atoms with Crippen LogP contribution in [0.4, 0.5) is 0 Å². The second kappa shape index (κ2) is 3.87. The van der Waals surface area contributed by atoms with Gasteiger partial charge in [0.2, 0.25) is 0 Å². The van der Waals surface area contributed by atoms with Gasteiger partial charge in [0.05, 0.1) is 0 Å². The summed E-state index contributed by atoms with van der Waals surface area (Å²) in [7, 11) is 0. The number of carbonyl (C=O) groups excluding carboxylic acids is 1. The number of likely N-dealkylation sites (tertiary alicyclic amines) is 1. The van der Waals surface area contributed by atoms with E-state index in [4.69, 9.17) is 0 Å². The summed E-state index contributed by atoms with van der Waals surface area (Å²) in [6, 6.07) is 4.00. The Balaban J connectivity index is 1.97. The van der Waals surface area contributed by atoms with Crippen molar-refractivity contribution in [1.29, 1.82) is 0 Å². The third kappa shape index (κ3) is 1.79. The van der Waals surface area contributed by atoms with Crippen molar-refractivity contribution in [1.82, 2.24) is 14.3 Å². The fourth-order valence-corrected chi connectivity index (χ4v) is 2.27. The zero-order chi connectivity index (χ0) is 11.8. The molecular weight excluding hydrogens is 214 g/mol. The van der Waals surface area contributed by atoms with Crippen molar-refractivity contribution >= 4 is 11.6 Å². The molecule has 2 aromatic heterocycles. The number of pyridine rings is 1. The summed E-state index contributed by atoms with van der Waals surface area (Å²) in [6.45, 7) is 3.76. The Bertz CT molecular complexity index is 567. The average Bonchev–Trinajstić information content (AvgIpc) is 2.96. The number of aryl methyl sites for hydroxylation is 1. The highest BCUT2D eigenvalue weighted by Gasteiger charge is 2.21. The largest absolute Gasteiger partial charge is 0.337 e. The number of hydrogen-bond donors (Lipinski definition) is 0. The minimum absolute atomic E-state index is 0.0591. The molecule has 0 bridgehead atoms. The average molecular weight is 229 g/mol. The van der Waals surface area contributed by atoms with Crippen LogP contribution in [0.5, 0.6) is 0 Å². The lowest BCUT2D eigenvalue weighted by Crippen LogP contribution is -2.27. The summed E-state index contributed by atoms with van der Waals surface area (Å²) in [5.41, 5.74) is 2.55. The molecule has 0 aliphatic carbocycles. The summed E-state index contributed by atoms with van der Waals surface area (Å²) in [4.78, 5) is 18.4. The van der Waals surface area contributed by atoms with Crippen LogP contribution in [0.15, 0.2) is 24.5 Å². The molecule has 1 fully saturated rings. The monoisotopic (exact) mass is 229 g/mol. The van der Waals surface area contributed by atoms with Gasteiger partial charge in [0.25, 0.3) is 5.91 Å². The number of carbonyl (C=O) groups is 1. The smallest absolute Gasteiger partial charge is 0.274 e. The fourth-order valence-electron chi connectivity index (χ4n) is 2.27. The molecule has 2 aromatic rings. The quantitative estimate of drug-likeness (QED) is 0.748. The summed E-state index contributed by atoms with van der Waals surface area (Å²) >= 11 is 0. The van der Waals surface area contributed by atoms with Crippen LogP contribution in [0.2, 0.25) is 0 Å². The van der Waals surface area contributed by atoms with Gasteiger partial charge < -0.3 is 9.30 Å². The number of hydrogen-bond acceptors (Lipinski definition) is 2. The maximum atomic E-state index is 12.2. The Morgan fingerprint density at radius 3 is 2.88 bits per heavy atom. The predicted octanol–water partition coefficient (Wildman–Crippen LogP) is 1.88. The van der Waals surface area contributed by atoms with Crippen LogP contribution in [0, 0.1) is 6.92 Å². The molecule has 4 heteroatoms. The molecule has 4 nitrogen and oxygen atoms in total. The number of aromatic nitrogens is 2. The first-order chi connectivity index (χ1) is 8.24. The van der Waals surface area contributed by atoms with E-state index in [2.05, 4.69) is 4.98 Å². The molecule has 3 heterocycles. The Hall–Kier alpha value is -1.84. The van der Waals surface area contributed by atoms with Crippen LogP contribution >= 0.6 is 0 Å². The second-order valence-electron chi connectivity index (χ2n) is 4.60. The maximum Gasteiger partial charge on any atom is 0.274 e. The highest BCUT2D eigenvalue weighted by molar-refractivity contribution is 5.93. The molecule has 88 valence electrons. The molecule has 0 spiro atoms. The molecule has 0 radical (unpaired) electrons. The Morgan fingerprint density at radius 2 is 2.12 bits per heavy atom. The molecule has 0 unspecified atom stereocenters. The molecule has 1 aliphatic rings. The van der Waals surface area contributed by atoms with E-state index in [1.807, 2.05) is 40.8 Å². The zero-order valence-electron chi connectivity index (χ0n) is 9.89. The lowest BCUT2D eigenvalue weighted by atomic mass is 10.3. The lowest BCUT2D eigenvalue weighted by molar-refractivity contribution is 0.0787. The van der Waals surface area contributed by atoms with E-state index in [9.17, 15) is 4.79 Å². The van der Waals surface area contributed by atoms with Gasteiger partial charge in [0.1, 0.15) is 11.3 Å². The molecule has 0 aromatic carbocycles. The van der Waals surface area contributed by atoms with Crippen molar-refractivity contribution in [2.75, 3.05) is 13.1 Å². The third-order valence-corrected chi connectivity index (χ3v) is 3.23. The van der Waals surface area contributed by atoms with Crippen LogP contribution < -0.4 is 0 Å². The van der Waals surface area contributed by atoms with E-state index >= 15 is 0 Å². The predicted molar refractivity (Wildman–Crippen MR) is 65.1 cm³/mol. The van der Waals surface area contributed by atoms with Crippen molar-refractivity contribution in [3.05, 3.63) is 35.8 Å². The van der Waals surface area contributed by atoms with Crippen LogP contribution in [0.3, 0.4) is 0 Å². The van der Waals surface area contributed by atoms with E-state index < -0.39 is 0 Å². The molecule has 1 aliphatic heterocycles. The lowest BCUT2D eigenvalue weighted by Gasteiger charge is -2.12. The van der Waals surface area contributed by atoms with Crippen LogP contribution in [0.25, 0.3) is 5.65 Å². The second-order valence-corrected chi connectivity index (χ2v) is 4.60. The molecular formula is C13H15N3O. The van der Waals surface area contributed by atoms with Gasteiger partial charge in [-0.25, -0.2) is 4.98 Å². The summed E-state index contributed by atoms with van der Waals surface area (Å²) in [5.74, 6) is 0.0591. The van der Waals surface area contributed by atoms with E-state index in [1.54, 1.807) is 0 Å². The van der Waals surface area contributed by atoms with Crippen LogP contribution in [-0.2, 0) is 0 Å². The fraction of sp³-hybridized carbons (Fsp3) is 0.385. The minimum atomic E-state index is 0.0591. The van der Waals surface area contributed by atoms with Gasteiger partial charge in [-0.3, -0.25) is 4.79 Å². The first-order valence-electron chi connectivity index (χ1n) is 5.99. The summed E-state index contributed by atoms with van der Waals surface area (Å²) < 4.78 is 1.90. The Kier molecular flexibility index (Phi) is 2.35. The first kappa shape index (κ1) is 10.3. The summed E-state index contributed by atoms with van der Waals surface area (Å²) in [6.07, 6.45) is 5.98. The molecule has 0 atom stereocenters. The molecule has 3 rings (SSSR count). The standard InChI is InChI=1S/C13H15N3O/c1-10-4-7-16-9-11(14-12(16)8-10)13(17)15-5-2-3-6-15/h4,7-9H,2-3,5-6H2,1H3. The Morgan fingerprint density at radius 1 is 1.35 bits per heavy atom. The van der Waals surface area contributed by atoms with Gasteiger partial charge in [-0.15, -0.1) is 0 Å². The van der Waals surface area contributed by atoms with Gasteiger partial charge in [-0.2, -0.15) is 0 Å². The minimum Gasteiger partial charge on any atom is -0.337 e. The highest BCUT2D eigenvalue weighted by Crippen LogP contribution is 2.14. The highest BCUT2D eigenvalue weighted by atomic mass is 16.2. The normalized spacial score (nSPS) is 15.7. The molecule has 0 saturated carbocycles. The third-order valence-electron chi connectivity index (χ3n) is 3.23. The number of rotatable bonds is 1. The van der Waals surface area contributed by atoms with Gasteiger partial charge in [-0.05, 0) is 37.5 Å². The number of nitrogens with zero attached hydrogens (tertiary/aromatic N) is 3. The van der Waals surface area contributed by atoms with E-state index in [0.717, 1.165) is 37.1 Å².